The van der Waals surface area contributed by atoms with Crippen LogP contribution in [-0.2, 0) is 6.42 Å². The highest BCUT2D eigenvalue weighted by atomic mass is 32.2. The van der Waals surface area contributed by atoms with Crippen LogP contribution in [0.25, 0.3) is 25.9 Å². The molecular formula is C28H26FN3S2. The third-order valence-electron chi connectivity index (χ3n) is 6.22. The largest absolute Gasteiger partial charge is 0.387 e. The lowest BCUT2D eigenvalue weighted by Gasteiger charge is -2.11. The summed E-state index contributed by atoms with van der Waals surface area (Å²) < 4.78 is 15.6. The van der Waals surface area contributed by atoms with Crippen molar-refractivity contribution in [2.45, 2.75) is 27.2 Å². The summed E-state index contributed by atoms with van der Waals surface area (Å²) in [5, 5.41) is 8.08. The molecule has 34 heavy (non-hydrogen) atoms. The number of halogens is 1. The van der Waals surface area contributed by atoms with Crippen molar-refractivity contribution in [2.75, 3.05) is 6.54 Å². The molecular weight excluding hydrogens is 461 g/mol. The first-order chi connectivity index (χ1) is 16.5. The number of allylic oxidation sites excluding steroid dienone is 3. The molecule has 6 heteroatoms. The van der Waals surface area contributed by atoms with Crippen LogP contribution < -0.4 is 5.32 Å². The van der Waals surface area contributed by atoms with Crippen molar-refractivity contribution >= 4 is 54.7 Å². The standard InChI is InChI=1S/C28H26FN3S2/c1-5-30-23-14-25(21-15-33-24-9-7-6-8-20(21)24)34-28(23)18(4)31-13-12-19-17(3)32-27-22(29)11-10-16(2)26(19)27/h5-11,14-15,31-32H,1,12-13H2,2-4H3/b28-18-,30-23-. The first-order valence-corrected chi connectivity index (χ1v) is 12.9. The second-order valence-electron chi connectivity index (χ2n) is 8.43. The number of thiophene rings is 1. The Morgan fingerprint density at radius 3 is 2.85 bits per heavy atom. The van der Waals surface area contributed by atoms with Crippen molar-refractivity contribution in [1.29, 1.82) is 0 Å². The second-order valence-corrected chi connectivity index (χ2v) is 10.4. The predicted octanol–water partition coefficient (Wildman–Crippen LogP) is 7.87. The number of hydrogen-bond donors (Lipinski definition) is 2. The van der Waals surface area contributed by atoms with E-state index in [4.69, 9.17) is 0 Å². The third kappa shape index (κ3) is 4.01. The molecule has 0 spiro atoms. The van der Waals surface area contributed by atoms with E-state index in [0.717, 1.165) is 45.9 Å². The van der Waals surface area contributed by atoms with Crippen molar-refractivity contribution in [3.8, 4) is 0 Å². The lowest BCUT2D eigenvalue weighted by Crippen LogP contribution is -2.17. The van der Waals surface area contributed by atoms with Gasteiger partial charge in [-0.05, 0) is 56.5 Å². The Balaban J connectivity index is 1.38. The highest BCUT2D eigenvalue weighted by Crippen LogP contribution is 2.45. The fourth-order valence-electron chi connectivity index (χ4n) is 4.56. The first-order valence-electron chi connectivity index (χ1n) is 11.2. The van der Waals surface area contributed by atoms with Crippen molar-refractivity contribution in [3.05, 3.63) is 99.4 Å². The molecule has 0 bridgehead atoms. The van der Waals surface area contributed by atoms with Crippen molar-refractivity contribution in [3.63, 3.8) is 0 Å². The van der Waals surface area contributed by atoms with Gasteiger partial charge in [-0.3, -0.25) is 4.99 Å². The summed E-state index contributed by atoms with van der Waals surface area (Å²) in [6.45, 7) is 10.7. The van der Waals surface area contributed by atoms with Crippen molar-refractivity contribution in [2.24, 2.45) is 4.99 Å². The number of H-pyrrole nitrogens is 1. The summed E-state index contributed by atoms with van der Waals surface area (Å²) in [5.74, 6) is -0.201. The van der Waals surface area contributed by atoms with Gasteiger partial charge in [-0.25, -0.2) is 4.39 Å². The van der Waals surface area contributed by atoms with Gasteiger partial charge in [0.2, 0.25) is 0 Å². The van der Waals surface area contributed by atoms with Crippen LogP contribution in [0, 0.1) is 19.7 Å². The number of aromatic amines is 1. The van der Waals surface area contributed by atoms with Gasteiger partial charge in [0.05, 0.1) is 16.1 Å². The number of rotatable bonds is 6. The number of nitrogens with zero attached hydrogens (tertiary/aromatic N) is 1. The Bertz CT molecular complexity index is 1520. The molecule has 1 aliphatic heterocycles. The molecule has 0 radical (unpaired) electrons. The van der Waals surface area contributed by atoms with Gasteiger partial charge in [0.25, 0.3) is 0 Å². The molecule has 3 nitrogen and oxygen atoms in total. The number of benzene rings is 2. The minimum Gasteiger partial charge on any atom is -0.387 e. The Hall–Kier alpha value is -3.09. The number of nitrogens with one attached hydrogen (secondary N) is 2. The summed E-state index contributed by atoms with van der Waals surface area (Å²) in [5.41, 5.74) is 7.14. The summed E-state index contributed by atoms with van der Waals surface area (Å²) in [6, 6.07) is 11.9. The molecule has 5 rings (SSSR count). The topological polar surface area (TPSA) is 40.2 Å². The van der Waals surface area contributed by atoms with Gasteiger partial charge in [0.1, 0.15) is 5.82 Å². The van der Waals surface area contributed by atoms with E-state index in [1.807, 2.05) is 19.9 Å². The molecule has 0 saturated carbocycles. The van der Waals surface area contributed by atoms with Crippen LogP contribution in [0.4, 0.5) is 4.39 Å². The minimum absolute atomic E-state index is 0.201. The van der Waals surface area contributed by atoms with Gasteiger partial charge >= 0.3 is 0 Å². The average Bonchev–Trinajstić information content (AvgIpc) is 3.52. The minimum atomic E-state index is -0.201. The molecule has 3 heterocycles. The Morgan fingerprint density at radius 1 is 1.21 bits per heavy atom. The zero-order chi connectivity index (χ0) is 23.8. The molecule has 0 fully saturated rings. The Kier molecular flexibility index (Phi) is 6.19. The number of aliphatic imine (C=N–C) groups is 1. The molecule has 0 unspecified atom stereocenters. The van der Waals surface area contributed by atoms with Gasteiger partial charge < -0.3 is 10.3 Å². The molecule has 4 aromatic rings. The fraction of sp³-hybridized carbons (Fsp3) is 0.179. The summed E-state index contributed by atoms with van der Waals surface area (Å²) in [7, 11) is 0. The first kappa shape index (κ1) is 22.7. The summed E-state index contributed by atoms with van der Waals surface area (Å²) >= 11 is 3.51. The average molecular weight is 488 g/mol. The lowest BCUT2D eigenvalue weighted by molar-refractivity contribution is 0.637. The summed E-state index contributed by atoms with van der Waals surface area (Å²) in [6.07, 6.45) is 4.55. The van der Waals surface area contributed by atoms with E-state index < -0.39 is 0 Å². The van der Waals surface area contributed by atoms with Gasteiger partial charge in [0, 0.05) is 55.5 Å². The van der Waals surface area contributed by atoms with Crippen molar-refractivity contribution in [1.82, 2.24) is 10.3 Å². The molecule has 2 aromatic carbocycles. The lowest BCUT2D eigenvalue weighted by atomic mass is 10.0. The van der Waals surface area contributed by atoms with E-state index in [1.165, 1.54) is 32.2 Å². The van der Waals surface area contributed by atoms with Crippen LogP contribution in [0.2, 0.25) is 0 Å². The maximum atomic E-state index is 14.3. The number of hydrogen-bond acceptors (Lipinski definition) is 4. The SMILES string of the molecule is C=C/N=C1/C=C(c2csc3ccccc23)S/C1=C(/C)NCCc1c(C)[nH]c2c(F)ccc(C)c12. The van der Waals surface area contributed by atoms with Crippen LogP contribution in [0.1, 0.15) is 29.3 Å². The fourth-order valence-corrected chi connectivity index (χ4v) is 6.70. The van der Waals surface area contributed by atoms with Gasteiger partial charge in [-0.2, -0.15) is 0 Å². The molecule has 0 saturated heterocycles. The molecule has 2 aromatic heterocycles. The quantitative estimate of drug-likeness (QED) is 0.290. The smallest absolute Gasteiger partial charge is 0.147 e. The monoisotopic (exact) mass is 487 g/mol. The van der Waals surface area contributed by atoms with Crippen LogP contribution in [-0.4, -0.2) is 17.2 Å². The number of aromatic nitrogens is 1. The van der Waals surface area contributed by atoms with E-state index in [2.05, 4.69) is 64.5 Å². The second kappa shape index (κ2) is 9.28. The van der Waals surface area contributed by atoms with Gasteiger partial charge in [0.15, 0.2) is 0 Å². The van der Waals surface area contributed by atoms with Crippen LogP contribution in [0.3, 0.4) is 0 Å². The molecule has 172 valence electrons. The predicted molar refractivity (Wildman–Crippen MR) is 147 cm³/mol. The zero-order valence-corrected chi connectivity index (χ0v) is 21.1. The van der Waals surface area contributed by atoms with E-state index >= 15 is 0 Å². The normalized spacial score (nSPS) is 16.5. The molecule has 0 atom stereocenters. The number of thioether (sulfide) groups is 1. The zero-order valence-electron chi connectivity index (χ0n) is 19.5. The van der Waals surface area contributed by atoms with Crippen LogP contribution >= 0.6 is 23.1 Å². The maximum absolute atomic E-state index is 14.3. The summed E-state index contributed by atoms with van der Waals surface area (Å²) in [4.78, 5) is 10.1. The Labute approximate surface area is 207 Å². The molecule has 0 aliphatic carbocycles. The Morgan fingerprint density at radius 2 is 2.03 bits per heavy atom. The third-order valence-corrected chi connectivity index (χ3v) is 8.47. The van der Waals surface area contributed by atoms with Gasteiger partial charge in [-0.1, -0.05) is 42.6 Å². The van der Waals surface area contributed by atoms with E-state index in [-0.39, 0.29) is 5.82 Å². The van der Waals surface area contributed by atoms with E-state index in [9.17, 15) is 4.39 Å². The van der Waals surface area contributed by atoms with E-state index in [1.54, 1.807) is 29.3 Å². The van der Waals surface area contributed by atoms with Crippen LogP contribution in [0.5, 0.6) is 0 Å². The number of aryl methyl sites for hydroxylation is 2. The van der Waals surface area contributed by atoms with Gasteiger partial charge in [-0.15, -0.1) is 11.3 Å². The molecule has 2 N–H and O–H groups in total. The van der Waals surface area contributed by atoms with Crippen LogP contribution in [0.15, 0.2) is 76.2 Å². The molecule has 1 aliphatic rings. The highest BCUT2D eigenvalue weighted by Gasteiger charge is 2.23. The van der Waals surface area contributed by atoms with Crippen molar-refractivity contribution < 1.29 is 4.39 Å². The van der Waals surface area contributed by atoms with E-state index in [0.29, 0.717) is 5.52 Å². The highest BCUT2D eigenvalue weighted by molar-refractivity contribution is 8.13. The number of fused-ring (bicyclic) bond motifs is 2. The maximum Gasteiger partial charge on any atom is 0.147 e. The molecule has 0 amide bonds.